The van der Waals surface area contributed by atoms with Gasteiger partial charge in [-0.2, -0.15) is 5.26 Å². The topological polar surface area (TPSA) is 58.8 Å². The predicted octanol–water partition coefficient (Wildman–Crippen LogP) is 3.29. The Morgan fingerprint density at radius 3 is 2.68 bits per heavy atom. The smallest absolute Gasteiger partial charge is 0.145 e. The maximum atomic E-state index is 8.68. The van der Waals surface area contributed by atoms with Gasteiger partial charge in [0.25, 0.3) is 0 Å². The van der Waals surface area contributed by atoms with Crippen LogP contribution in [0.2, 0.25) is 0 Å². The molecule has 19 heavy (non-hydrogen) atoms. The van der Waals surface area contributed by atoms with E-state index < -0.39 is 0 Å². The highest BCUT2D eigenvalue weighted by molar-refractivity contribution is 5.79. The molecule has 0 bridgehead atoms. The van der Waals surface area contributed by atoms with Gasteiger partial charge >= 0.3 is 0 Å². The summed E-state index contributed by atoms with van der Waals surface area (Å²) in [5.41, 5.74) is 1.24. The number of nitrogens with zero attached hydrogens (tertiary/aromatic N) is 3. The third kappa shape index (κ3) is 2.35. The van der Waals surface area contributed by atoms with Gasteiger partial charge in [-0.25, -0.2) is 4.98 Å². The molecule has 2 heterocycles. The van der Waals surface area contributed by atoms with Crippen molar-refractivity contribution in [1.29, 1.82) is 5.26 Å². The Labute approximate surface area is 109 Å². The number of pyridine rings is 2. The van der Waals surface area contributed by atoms with Crippen molar-refractivity contribution in [2.75, 3.05) is 0 Å². The van der Waals surface area contributed by atoms with E-state index in [1.807, 2.05) is 36.4 Å². The molecular formula is C15H9N3O. The van der Waals surface area contributed by atoms with Gasteiger partial charge in [-0.1, -0.05) is 6.07 Å². The Morgan fingerprint density at radius 2 is 1.89 bits per heavy atom. The minimum atomic E-state index is 0.368. The second-order valence-electron chi connectivity index (χ2n) is 3.95. The molecule has 0 amide bonds. The van der Waals surface area contributed by atoms with Crippen molar-refractivity contribution in [1.82, 2.24) is 9.97 Å². The molecule has 0 aliphatic rings. The minimum Gasteiger partial charge on any atom is -0.456 e. The van der Waals surface area contributed by atoms with Gasteiger partial charge in [0.2, 0.25) is 0 Å². The first-order valence-corrected chi connectivity index (χ1v) is 5.74. The van der Waals surface area contributed by atoms with Gasteiger partial charge in [0.15, 0.2) is 0 Å². The molecule has 0 saturated carbocycles. The number of hydrogen-bond donors (Lipinski definition) is 0. The molecule has 0 aliphatic carbocycles. The minimum absolute atomic E-state index is 0.368. The zero-order valence-electron chi connectivity index (χ0n) is 9.95. The number of nitriles is 1. The van der Waals surface area contributed by atoms with Gasteiger partial charge in [0, 0.05) is 17.6 Å². The Kier molecular flexibility index (Phi) is 2.79. The van der Waals surface area contributed by atoms with Crippen LogP contribution in [0, 0.1) is 11.3 Å². The fourth-order valence-electron chi connectivity index (χ4n) is 1.75. The number of hydrogen-bond acceptors (Lipinski definition) is 4. The lowest BCUT2D eigenvalue weighted by Crippen LogP contribution is -1.87. The fourth-order valence-corrected chi connectivity index (χ4v) is 1.75. The largest absolute Gasteiger partial charge is 0.456 e. The summed E-state index contributed by atoms with van der Waals surface area (Å²) in [6.07, 6.45) is 3.27. The first-order chi connectivity index (χ1) is 9.35. The number of aromatic nitrogens is 2. The lowest BCUT2D eigenvalue weighted by Gasteiger charge is -2.05. The Morgan fingerprint density at radius 1 is 1.00 bits per heavy atom. The molecule has 90 valence electrons. The van der Waals surface area contributed by atoms with E-state index in [0.29, 0.717) is 17.2 Å². The lowest BCUT2D eigenvalue weighted by molar-refractivity contribution is 0.481. The Bertz CT molecular complexity index is 760. The summed E-state index contributed by atoms with van der Waals surface area (Å²) >= 11 is 0. The average molecular weight is 247 g/mol. The third-order valence-corrected chi connectivity index (χ3v) is 2.66. The summed E-state index contributed by atoms with van der Waals surface area (Å²) in [7, 11) is 0. The Balaban J connectivity index is 1.90. The zero-order chi connectivity index (χ0) is 13.1. The van der Waals surface area contributed by atoms with Crippen LogP contribution in [0.1, 0.15) is 5.69 Å². The van der Waals surface area contributed by atoms with Crippen LogP contribution in [0.4, 0.5) is 0 Å². The van der Waals surface area contributed by atoms with Crippen molar-refractivity contribution < 1.29 is 4.74 Å². The number of fused-ring (bicyclic) bond motifs is 1. The fraction of sp³-hybridized carbons (Fsp3) is 0. The van der Waals surface area contributed by atoms with Gasteiger partial charge in [-0.05, 0) is 30.3 Å². The van der Waals surface area contributed by atoms with Crippen molar-refractivity contribution in [2.24, 2.45) is 0 Å². The second kappa shape index (κ2) is 4.75. The molecule has 3 aromatic rings. The second-order valence-corrected chi connectivity index (χ2v) is 3.95. The van der Waals surface area contributed by atoms with E-state index in [1.54, 1.807) is 18.3 Å². The van der Waals surface area contributed by atoms with Crippen LogP contribution in [0.15, 0.2) is 54.9 Å². The molecule has 0 atom stereocenters. The van der Waals surface area contributed by atoms with Gasteiger partial charge in [0.1, 0.15) is 23.3 Å². The van der Waals surface area contributed by atoms with E-state index >= 15 is 0 Å². The van der Waals surface area contributed by atoms with Crippen molar-refractivity contribution in [3.8, 4) is 17.6 Å². The molecule has 3 rings (SSSR count). The maximum absolute atomic E-state index is 8.68. The number of benzene rings is 1. The molecule has 0 saturated heterocycles. The summed E-state index contributed by atoms with van der Waals surface area (Å²) in [6, 6.07) is 14.9. The van der Waals surface area contributed by atoms with Gasteiger partial charge in [-0.15, -0.1) is 0 Å². The molecule has 0 N–H and O–H groups in total. The molecule has 0 spiro atoms. The molecule has 2 aromatic heterocycles. The molecule has 4 nitrogen and oxygen atoms in total. The first kappa shape index (κ1) is 11.2. The number of rotatable bonds is 2. The van der Waals surface area contributed by atoms with Crippen LogP contribution in [0.25, 0.3) is 10.9 Å². The van der Waals surface area contributed by atoms with E-state index in [2.05, 4.69) is 9.97 Å². The van der Waals surface area contributed by atoms with Crippen molar-refractivity contribution in [3.63, 3.8) is 0 Å². The first-order valence-electron chi connectivity index (χ1n) is 5.74. The van der Waals surface area contributed by atoms with Crippen molar-refractivity contribution >= 4 is 10.9 Å². The maximum Gasteiger partial charge on any atom is 0.145 e. The van der Waals surface area contributed by atoms with Crippen LogP contribution < -0.4 is 4.74 Å². The summed E-state index contributed by atoms with van der Waals surface area (Å²) < 4.78 is 5.67. The monoisotopic (exact) mass is 247 g/mol. The number of ether oxygens (including phenoxy) is 1. The molecule has 0 fully saturated rings. The van der Waals surface area contributed by atoms with E-state index in [0.717, 1.165) is 10.9 Å². The van der Waals surface area contributed by atoms with Crippen molar-refractivity contribution in [2.45, 2.75) is 0 Å². The molecule has 0 unspecified atom stereocenters. The van der Waals surface area contributed by atoms with Gasteiger partial charge in [-0.3, -0.25) is 4.98 Å². The molecule has 1 aromatic carbocycles. The predicted molar refractivity (Wildman–Crippen MR) is 70.8 cm³/mol. The van der Waals surface area contributed by atoms with E-state index in [1.165, 1.54) is 6.20 Å². The van der Waals surface area contributed by atoms with Crippen LogP contribution in [-0.4, -0.2) is 9.97 Å². The highest BCUT2D eigenvalue weighted by Gasteiger charge is 2.01. The average Bonchev–Trinajstić information content (AvgIpc) is 2.48. The van der Waals surface area contributed by atoms with Crippen LogP contribution >= 0.6 is 0 Å². The van der Waals surface area contributed by atoms with Crippen molar-refractivity contribution in [3.05, 3.63) is 60.6 Å². The van der Waals surface area contributed by atoms with E-state index in [9.17, 15) is 0 Å². The van der Waals surface area contributed by atoms with Crippen LogP contribution in [-0.2, 0) is 0 Å². The summed E-state index contributed by atoms with van der Waals surface area (Å²) in [6.45, 7) is 0. The van der Waals surface area contributed by atoms with Crippen LogP contribution in [0.3, 0.4) is 0 Å². The quantitative estimate of drug-likeness (QED) is 0.697. The third-order valence-electron chi connectivity index (χ3n) is 2.66. The summed E-state index contributed by atoms with van der Waals surface area (Å²) in [5, 5.41) is 9.74. The van der Waals surface area contributed by atoms with Gasteiger partial charge < -0.3 is 4.74 Å². The van der Waals surface area contributed by atoms with Gasteiger partial charge in [0.05, 0.1) is 11.7 Å². The highest BCUT2D eigenvalue weighted by atomic mass is 16.5. The molecular weight excluding hydrogens is 238 g/mol. The lowest BCUT2D eigenvalue weighted by atomic mass is 10.2. The van der Waals surface area contributed by atoms with Crippen LogP contribution in [0.5, 0.6) is 11.5 Å². The van der Waals surface area contributed by atoms with E-state index in [4.69, 9.17) is 10.00 Å². The standard InChI is InChI=1S/C15H9N3O/c16-9-12-4-6-14(10-18-12)19-13-5-3-11-2-1-7-17-15(11)8-13/h1-8,10H. The molecule has 0 radical (unpaired) electrons. The molecule has 4 heteroatoms. The summed E-state index contributed by atoms with van der Waals surface area (Å²) in [4.78, 5) is 8.23. The zero-order valence-corrected chi connectivity index (χ0v) is 9.95. The normalized spacial score (nSPS) is 10.1. The highest BCUT2D eigenvalue weighted by Crippen LogP contribution is 2.24. The summed E-state index contributed by atoms with van der Waals surface area (Å²) in [5.74, 6) is 1.28. The van der Waals surface area contributed by atoms with E-state index in [-0.39, 0.29) is 0 Å². The SMILES string of the molecule is N#Cc1ccc(Oc2ccc3cccnc3c2)cn1. The Hall–Kier alpha value is -2.93. The molecule has 0 aliphatic heterocycles.